The molecule has 0 spiro atoms. The van der Waals surface area contributed by atoms with Crippen molar-refractivity contribution in [1.29, 1.82) is 0 Å². The van der Waals surface area contributed by atoms with E-state index in [0.717, 1.165) is 9.87 Å². The molecule has 0 aliphatic heterocycles. The zero-order chi connectivity index (χ0) is 17.0. The highest BCUT2D eigenvalue weighted by Gasteiger charge is 2.28. The Morgan fingerprint density at radius 2 is 1.73 bits per heavy atom. The summed E-state index contributed by atoms with van der Waals surface area (Å²) in [4.78, 5) is 12.1. The summed E-state index contributed by atoms with van der Waals surface area (Å²) in [5, 5.41) is 2.87. The molecule has 0 fully saturated rings. The number of amides is 1. The number of hydrogen-bond donors (Lipinski definition) is 1. The molecular weight excluding hydrogens is 300 g/mol. The predicted octanol–water partition coefficient (Wildman–Crippen LogP) is 1.65. The fourth-order valence-corrected chi connectivity index (χ4v) is 2.63. The van der Waals surface area contributed by atoms with Gasteiger partial charge < -0.3 is 5.32 Å². The van der Waals surface area contributed by atoms with Crippen LogP contribution in [0.5, 0.6) is 0 Å². The Bertz CT molecular complexity index is 590. The zero-order valence-corrected chi connectivity index (χ0v) is 14.8. The summed E-state index contributed by atoms with van der Waals surface area (Å²) in [6.07, 6.45) is 0.665. The van der Waals surface area contributed by atoms with E-state index in [-0.39, 0.29) is 11.5 Å². The smallest absolute Gasteiger partial charge is 0.236 e. The molecule has 1 N–H and O–H groups in total. The van der Waals surface area contributed by atoms with Gasteiger partial charge in [-0.3, -0.25) is 4.79 Å². The lowest BCUT2D eigenvalue weighted by atomic mass is 9.83. The topological polar surface area (TPSA) is 66.5 Å². The molecule has 0 aromatic heterocycles. The lowest BCUT2D eigenvalue weighted by Crippen LogP contribution is -2.48. The van der Waals surface area contributed by atoms with Gasteiger partial charge in [-0.05, 0) is 17.4 Å². The van der Waals surface area contributed by atoms with Gasteiger partial charge in [-0.1, -0.05) is 51.1 Å². The molecule has 6 heteroatoms. The summed E-state index contributed by atoms with van der Waals surface area (Å²) in [6.45, 7) is 6.09. The molecule has 0 saturated carbocycles. The van der Waals surface area contributed by atoms with Crippen molar-refractivity contribution in [3.05, 3.63) is 35.9 Å². The molecule has 0 radical (unpaired) electrons. The Balaban J connectivity index is 2.81. The van der Waals surface area contributed by atoms with Gasteiger partial charge in [0.05, 0.1) is 0 Å². The monoisotopic (exact) mass is 326 g/mol. The number of sulfonamides is 1. The minimum absolute atomic E-state index is 0.139. The third kappa shape index (κ3) is 5.77. The highest BCUT2D eigenvalue weighted by Crippen LogP contribution is 2.22. The maximum absolute atomic E-state index is 12.1. The van der Waals surface area contributed by atoms with Crippen LogP contribution in [0.2, 0.25) is 0 Å². The van der Waals surface area contributed by atoms with Crippen molar-refractivity contribution in [3.63, 3.8) is 0 Å². The Labute approximate surface area is 133 Å². The van der Waals surface area contributed by atoms with Gasteiger partial charge in [0.15, 0.2) is 0 Å². The van der Waals surface area contributed by atoms with Gasteiger partial charge >= 0.3 is 0 Å². The van der Waals surface area contributed by atoms with E-state index in [0.29, 0.717) is 6.42 Å². The second-order valence-corrected chi connectivity index (χ2v) is 8.90. The lowest BCUT2D eigenvalue weighted by Gasteiger charge is -2.32. The van der Waals surface area contributed by atoms with Crippen molar-refractivity contribution in [1.82, 2.24) is 9.62 Å². The van der Waals surface area contributed by atoms with Crippen molar-refractivity contribution < 1.29 is 13.2 Å². The maximum Gasteiger partial charge on any atom is 0.236 e. The molecule has 124 valence electrons. The average molecular weight is 326 g/mol. The van der Waals surface area contributed by atoms with Crippen molar-refractivity contribution in [3.8, 4) is 0 Å². The first kappa shape index (κ1) is 18.6. The van der Waals surface area contributed by atoms with Crippen molar-refractivity contribution in [2.24, 2.45) is 5.41 Å². The van der Waals surface area contributed by atoms with Gasteiger partial charge in [-0.15, -0.1) is 0 Å². The van der Waals surface area contributed by atoms with Gasteiger partial charge in [0.1, 0.15) is 5.75 Å². The van der Waals surface area contributed by atoms with E-state index < -0.39 is 21.7 Å². The van der Waals surface area contributed by atoms with Gasteiger partial charge in [0.25, 0.3) is 0 Å². The van der Waals surface area contributed by atoms with Crippen LogP contribution >= 0.6 is 0 Å². The molecule has 0 unspecified atom stereocenters. The number of carbonyl (C=O) groups excluding carboxylic acids is 1. The minimum atomic E-state index is -3.54. The first-order chi connectivity index (χ1) is 10.0. The van der Waals surface area contributed by atoms with Crippen LogP contribution in [0, 0.1) is 5.41 Å². The van der Waals surface area contributed by atoms with Crippen LogP contribution in [0.1, 0.15) is 26.3 Å². The summed E-state index contributed by atoms with van der Waals surface area (Å²) in [5.41, 5.74) is 0.936. The number of hydrogen-bond acceptors (Lipinski definition) is 3. The quantitative estimate of drug-likeness (QED) is 0.864. The molecule has 0 aliphatic rings. The SMILES string of the molecule is CN(C)S(=O)(=O)CC(=O)N[C@@H](Cc1ccccc1)C(C)(C)C. The normalized spacial score (nSPS) is 13.9. The molecule has 1 amide bonds. The Morgan fingerprint density at radius 3 is 2.18 bits per heavy atom. The first-order valence-electron chi connectivity index (χ1n) is 7.26. The maximum atomic E-state index is 12.1. The summed E-state index contributed by atoms with van der Waals surface area (Å²) in [7, 11) is -0.691. The molecule has 1 aromatic rings. The second kappa shape index (κ2) is 7.24. The number of rotatable bonds is 6. The number of carbonyl (C=O) groups is 1. The van der Waals surface area contributed by atoms with Crippen molar-refractivity contribution >= 4 is 15.9 Å². The number of nitrogens with one attached hydrogen (secondary N) is 1. The largest absolute Gasteiger partial charge is 0.352 e. The molecule has 0 heterocycles. The van der Waals surface area contributed by atoms with Crippen LogP contribution in [0.15, 0.2) is 30.3 Å². The van der Waals surface area contributed by atoms with Gasteiger partial charge in [0.2, 0.25) is 15.9 Å². The zero-order valence-electron chi connectivity index (χ0n) is 14.0. The third-order valence-electron chi connectivity index (χ3n) is 3.53. The summed E-state index contributed by atoms with van der Waals surface area (Å²) in [5.74, 6) is -0.994. The van der Waals surface area contributed by atoms with Crippen LogP contribution in [-0.2, 0) is 21.2 Å². The molecule has 0 bridgehead atoms. The van der Waals surface area contributed by atoms with E-state index in [1.165, 1.54) is 14.1 Å². The fourth-order valence-electron chi connectivity index (χ4n) is 1.95. The van der Waals surface area contributed by atoms with Crippen LogP contribution in [0.4, 0.5) is 0 Å². The average Bonchev–Trinajstić information content (AvgIpc) is 2.37. The van der Waals surface area contributed by atoms with E-state index in [1.54, 1.807) is 0 Å². The molecule has 1 aromatic carbocycles. The van der Waals surface area contributed by atoms with E-state index >= 15 is 0 Å². The Hall–Kier alpha value is -1.40. The summed E-state index contributed by atoms with van der Waals surface area (Å²) >= 11 is 0. The number of benzene rings is 1. The van der Waals surface area contributed by atoms with Crippen LogP contribution in [-0.4, -0.2) is 44.5 Å². The third-order valence-corrected chi connectivity index (χ3v) is 5.27. The summed E-state index contributed by atoms with van der Waals surface area (Å²) < 4.78 is 24.7. The lowest BCUT2D eigenvalue weighted by molar-refractivity contribution is -0.120. The molecular formula is C16H26N2O3S. The van der Waals surface area contributed by atoms with Gasteiger partial charge in [-0.25, -0.2) is 12.7 Å². The molecule has 0 saturated heterocycles. The number of nitrogens with zero attached hydrogens (tertiary/aromatic N) is 1. The second-order valence-electron chi connectivity index (χ2n) is 6.71. The highest BCUT2D eigenvalue weighted by molar-refractivity contribution is 7.89. The van der Waals surface area contributed by atoms with E-state index in [2.05, 4.69) is 5.32 Å². The molecule has 1 rings (SSSR count). The first-order valence-corrected chi connectivity index (χ1v) is 8.87. The van der Waals surface area contributed by atoms with Crippen LogP contribution in [0.3, 0.4) is 0 Å². The van der Waals surface area contributed by atoms with Gasteiger partial charge in [-0.2, -0.15) is 0 Å². The minimum Gasteiger partial charge on any atom is -0.352 e. The van der Waals surface area contributed by atoms with Crippen molar-refractivity contribution in [2.45, 2.75) is 33.2 Å². The standard InChI is InChI=1S/C16H26N2O3S/c1-16(2,3)14(11-13-9-7-6-8-10-13)17-15(19)12-22(20,21)18(4)5/h6-10,14H,11-12H2,1-5H3,(H,17,19)/t14-/m0/s1. The van der Waals surface area contributed by atoms with E-state index in [4.69, 9.17) is 0 Å². The molecule has 1 atom stereocenters. The molecule has 0 aliphatic carbocycles. The van der Waals surface area contributed by atoms with Crippen LogP contribution < -0.4 is 5.32 Å². The van der Waals surface area contributed by atoms with Gasteiger partial charge in [0, 0.05) is 20.1 Å². The van der Waals surface area contributed by atoms with E-state index in [9.17, 15) is 13.2 Å². The molecule has 5 nitrogen and oxygen atoms in total. The Kier molecular flexibility index (Phi) is 6.14. The van der Waals surface area contributed by atoms with E-state index in [1.807, 2.05) is 51.1 Å². The Morgan fingerprint density at radius 1 is 1.18 bits per heavy atom. The molecule has 22 heavy (non-hydrogen) atoms. The predicted molar refractivity (Wildman–Crippen MR) is 89.0 cm³/mol. The highest BCUT2D eigenvalue weighted by atomic mass is 32.2. The van der Waals surface area contributed by atoms with Crippen molar-refractivity contribution in [2.75, 3.05) is 19.8 Å². The van der Waals surface area contributed by atoms with Crippen LogP contribution in [0.25, 0.3) is 0 Å². The summed E-state index contributed by atoms with van der Waals surface area (Å²) in [6, 6.07) is 9.71. The fraction of sp³-hybridized carbons (Fsp3) is 0.562.